The number of azide groups is 1. The lowest BCUT2D eigenvalue weighted by atomic mass is 9.98. The number of nitrogens with two attached hydrogens (primary N) is 1. The number of nitrogens with zero attached hydrogens (tertiary/aromatic N) is 6. The molecule has 11 heteroatoms. The summed E-state index contributed by atoms with van der Waals surface area (Å²) < 4.78 is 6.23. The molecule has 1 fully saturated rings. The van der Waals surface area contributed by atoms with Gasteiger partial charge in [-0.05, 0) is 11.6 Å². The SMILES string of the molecule is N#C[C@@H]1[C@H](n2ccc(N)nc2=O)O[C@@](CO)(N=[N+]=[N-])[C@H]1O. The molecule has 0 saturated carbocycles. The molecule has 21 heavy (non-hydrogen) atoms. The van der Waals surface area contributed by atoms with Crippen molar-refractivity contribution >= 4 is 5.82 Å². The maximum atomic E-state index is 11.8. The molecule has 1 aliphatic rings. The zero-order valence-electron chi connectivity index (χ0n) is 10.6. The quantitative estimate of drug-likeness (QED) is 0.357. The number of nitriles is 1. The number of aliphatic hydroxyl groups excluding tert-OH is 2. The van der Waals surface area contributed by atoms with Gasteiger partial charge in [0.15, 0.2) is 12.0 Å². The average molecular weight is 293 g/mol. The third-order valence-corrected chi connectivity index (χ3v) is 3.15. The van der Waals surface area contributed by atoms with Gasteiger partial charge in [0.05, 0.1) is 12.7 Å². The molecule has 1 aliphatic heterocycles. The maximum absolute atomic E-state index is 11.8. The molecule has 0 amide bonds. The molecule has 11 nitrogen and oxygen atoms in total. The highest BCUT2D eigenvalue weighted by atomic mass is 16.6. The van der Waals surface area contributed by atoms with Crippen molar-refractivity contribution in [3.63, 3.8) is 0 Å². The molecule has 0 radical (unpaired) electrons. The van der Waals surface area contributed by atoms with Crippen molar-refractivity contribution in [3.8, 4) is 6.07 Å². The number of hydrogen-bond acceptors (Lipinski definition) is 8. The third kappa shape index (κ3) is 2.28. The summed E-state index contributed by atoms with van der Waals surface area (Å²) in [6, 6.07) is 3.07. The maximum Gasteiger partial charge on any atom is 0.351 e. The number of ether oxygens (including phenoxy) is 1. The molecule has 0 aromatic carbocycles. The first-order chi connectivity index (χ1) is 9.99. The van der Waals surface area contributed by atoms with Crippen LogP contribution in [0.15, 0.2) is 22.2 Å². The lowest BCUT2D eigenvalue weighted by Crippen LogP contribution is -2.42. The molecular formula is C10H11N7O4. The van der Waals surface area contributed by atoms with Crippen molar-refractivity contribution in [2.45, 2.75) is 18.1 Å². The monoisotopic (exact) mass is 293 g/mol. The Labute approximate surface area is 117 Å². The highest BCUT2D eigenvalue weighted by Crippen LogP contribution is 2.41. The molecule has 4 atom stereocenters. The number of rotatable bonds is 3. The Bertz CT molecular complexity index is 691. The van der Waals surface area contributed by atoms with Crippen LogP contribution in [-0.2, 0) is 4.74 Å². The smallest absolute Gasteiger partial charge is 0.351 e. The lowest BCUT2D eigenvalue weighted by Gasteiger charge is -2.23. The molecule has 0 unspecified atom stereocenters. The Morgan fingerprint density at radius 1 is 1.76 bits per heavy atom. The fourth-order valence-corrected chi connectivity index (χ4v) is 2.09. The van der Waals surface area contributed by atoms with Gasteiger partial charge in [-0.3, -0.25) is 4.57 Å². The van der Waals surface area contributed by atoms with Crippen LogP contribution in [0.3, 0.4) is 0 Å². The average Bonchev–Trinajstić information content (AvgIpc) is 2.72. The fraction of sp³-hybridized carbons (Fsp3) is 0.500. The Morgan fingerprint density at radius 2 is 2.48 bits per heavy atom. The minimum atomic E-state index is -2.04. The zero-order chi connectivity index (χ0) is 15.6. The second-order valence-electron chi connectivity index (χ2n) is 4.34. The summed E-state index contributed by atoms with van der Waals surface area (Å²) in [5.41, 5.74) is 11.0. The number of anilines is 1. The Morgan fingerprint density at radius 3 is 3.00 bits per heavy atom. The van der Waals surface area contributed by atoms with E-state index >= 15 is 0 Å². The minimum absolute atomic E-state index is 0.0215. The zero-order valence-corrected chi connectivity index (χ0v) is 10.6. The van der Waals surface area contributed by atoms with Crippen LogP contribution in [0.1, 0.15) is 6.23 Å². The molecule has 1 saturated heterocycles. The topological polar surface area (TPSA) is 183 Å². The molecule has 0 spiro atoms. The Balaban J connectivity index is 2.52. The first-order valence-electron chi connectivity index (χ1n) is 5.76. The number of hydrogen-bond donors (Lipinski definition) is 3. The summed E-state index contributed by atoms with van der Waals surface area (Å²) >= 11 is 0. The van der Waals surface area contributed by atoms with Crippen molar-refractivity contribution in [1.82, 2.24) is 9.55 Å². The van der Waals surface area contributed by atoms with E-state index in [-0.39, 0.29) is 5.82 Å². The number of nitrogen functional groups attached to an aromatic ring is 1. The van der Waals surface area contributed by atoms with Crippen molar-refractivity contribution in [3.05, 3.63) is 33.2 Å². The van der Waals surface area contributed by atoms with Gasteiger partial charge in [0.25, 0.3) is 0 Å². The minimum Gasteiger partial charge on any atom is -0.393 e. The van der Waals surface area contributed by atoms with Gasteiger partial charge in [0.1, 0.15) is 17.8 Å². The van der Waals surface area contributed by atoms with Crippen LogP contribution in [0.4, 0.5) is 5.82 Å². The van der Waals surface area contributed by atoms with E-state index in [1.54, 1.807) is 6.07 Å². The van der Waals surface area contributed by atoms with E-state index in [0.29, 0.717) is 0 Å². The van der Waals surface area contributed by atoms with E-state index in [0.717, 1.165) is 4.57 Å². The van der Waals surface area contributed by atoms with Crippen LogP contribution in [-0.4, -0.2) is 38.2 Å². The summed E-state index contributed by atoms with van der Waals surface area (Å²) in [5, 5.41) is 31.8. The van der Waals surface area contributed by atoms with E-state index in [2.05, 4.69) is 15.0 Å². The van der Waals surface area contributed by atoms with E-state index in [1.807, 2.05) is 0 Å². The van der Waals surface area contributed by atoms with Crippen LogP contribution in [0, 0.1) is 17.2 Å². The molecule has 1 aromatic rings. The van der Waals surface area contributed by atoms with Crippen LogP contribution < -0.4 is 11.4 Å². The van der Waals surface area contributed by atoms with Crippen molar-refractivity contribution in [2.75, 3.05) is 12.3 Å². The Kier molecular flexibility index (Phi) is 3.79. The van der Waals surface area contributed by atoms with Crippen LogP contribution in [0.2, 0.25) is 0 Å². The van der Waals surface area contributed by atoms with Crippen molar-refractivity contribution < 1.29 is 14.9 Å². The summed E-state index contributed by atoms with van der Waals surface area (Å²) in [4.78, 5) is 17.8. The van der Waals surface area contributed by atoms with E-state index in [9.17, 15) is 15.0 Å². The fourth-order valence-electron chi connectivity index (χ4n) is 2.09. The summed E-state index contributed by atoms with van der Waals surface area (Å²) in [7, 11) is 0. The number of aromatic nitrogens is 2. The largest absolute Gasteiger partial charge is 0.393 e. The third-order valence-electron chi connectivity index (χ3n) is 3.15. The van der Waals surface area contributed by atoms with Gasteiger partial charge < -0.3 is 20.7 Å². The predicted octanol–water partition coefficient (Wildman–Crippen LogP) is -1.15. The summed E-state index contributed by atoms with van der Waals surface area (Å²) in [5.74, 6) is -1.27. The molecule has 2 heterocycles. The molecule has 2 rings (SSSR count). The predicted molar refractivity (Wildman–Crippen MR) is 67.1 cm³/mol. The van der Waals surface area contributed by atoms with Gasteiger partial charge in [0, 0.05) is 11.1 Å². The molecule has 0 bridgehead atoms. The molecular weight excluding hydrogens is 282 g/mol. The van der Waals surface area contributed by atoms with Gasteiger partial charge in [-0.25, -0.2) is 4.79 Å². The van der Waals surface area contributed by atoms with Gasteiger partial charge in [0.2, 0.25) is 0 Å². The highest BCUT2D eigenvalue weighted by molar-refractivity contribution is 5.24. The van der Waals surface area contributed by atoms with Gasteiger partial charge >= 0.3 is 5.69 Å². The van der Waals surface area contributed by atoms with Crippen molar-refractivity contribution in [1.29, 1.82) is 5.26 Å². The normalized spacial score (nSPS) is 31.4. The van der Waals surface area contributed by atoms with Crippen molar-refractivity contribution in [2.24, 2.45) is 11.0 Å². The molecule has 1 aromatic heterocycles. The van der Waals surface area contributed by atoms with Gasteiger partial charge in [-0.15, -0.1) is 0 Å². The van der Waals surface area contributed by atoms with E-state index < -0.39 is 36.3 Å². The molecule has 110 valence electrons. The summed E-state index contributed by atoms with van der Waals surface area (Å²) in [6.45, 7) is -0.857. The van der Waals surface area contributed by atoms with Crippen LogP contribution in [0.25, 0.3) is 10.4 Å². The second kappa shape index (κ2) is 5.39. The highest BCUT2D eigenvalue weighted by Gasteiger charge is 2.55. The lowest BCUT2D eigenvalue weighted by molar-refractivity contribution is -0.124. The van der Waals surface area contributed by atoms with E-state index in [4.69, 9.17) is 21.3 Å². The first kappa shape index (κ1) is 14.8. The molecule has 0 aliphatic carbocycles. The van der Waals surface area contributed by atoms with E-state index in [1.165, 1.54) is 12.3 Å². The van der Waals surface area contributed by atoms with Gasteiger partial charge in [-0.1, -0.05) is 5.11 Å². The second-order valence-corrected chi connectivity index (χ2v) is 4.34. The number of aliphatic hydroxyl groups is 2. The first-order valence-corrected chi connectivity index (χ1v) is 5.76. The van der Waals surface area contributed by atoms with Crippen LogP contribution in [0.5, 0.6) is 0 Å². The van der Waals surface area contributed by atoms with Gasteiger partial charge in [-0.2, -0.15) is 10.2 Å². The molecule has 4 N–H and O–H groups in total. The standard InChI is InChI=1S/C10H11N7O4/c11-3-5-7(19)10(4-18,15-16-13)21-8(5)17-2-1-6(12)14-9(17)20/h1-2,5,7-8,18-19H,4H2,(H2,12,14,20)/t5-,7-,8+,10+/m0/s1. The summed E-state index contributed by atoms with van der Waals surface area (Å²) in [6.07, 6.45) is -1.66. The Hall–Kier alpha value is -2.64. The van der Waals surface area contributed by atoms with Crippen LogP contribution >= 0.6 is 0 Å².